The highest BCUT2D eigenvalue weighted by Gasteiger charge is 2.51. The quantitative estimate of drug-likeness (QED) is 0.315. The van der Waals surface area contributed by atoms with Crippen molar-refractivity contribution >= 4 is 7.60 Å². The van der Waals surface area contributed by atoms with Gasteiger partial charge in [0.05, 0.1) is 6.61 Å². The maximum absolute atomic E-state index is 14.8. The fourth-order valence-electron chi connectivity index (χ4n) is 7.07. The van der Waals surface area contributed by atoms with Gasteiger partial charge in [0.1, 0.15) is 11.6 Å². The van der Waals surface area contributed by atoms with E-state index in [4.69, 9.17) is 14.5 Å². The lowest BCUT2D eigenvalue weighted by atomic mass is 9.48. The summed E-state index contributed by atoms with van der Waals surface area (Å²) in [5, 5.41) is 0. The molecule has 0 aromatic heterocycles. The van der Waals surface area contributed by atoms with Crippen LogP contribution >= 0.6 is 7.60 Å². The third kappa shape index (κ3) is 5.21. The molecule has 0 spiro atoms. The molecule has 0 unspecified atom stereocenters. The summed E-state index contributed by atoms with van der Waals surface area (Å²) in [7, 11) is -3.92. The van der Waals surface area contributed by atoms with Gasteiger partial charge >= 0.3 is 7.60 Å². The molecule has 33 heavy (non-hydrogen) atoms. The summed E-state index contributed by atoms with van der Waals surface area (Å²) in [4.78, 5) is 17.7. The van der Waals surface area contributed by atoms with Crippen LogP contribution in [0.2, 0.25) is 0 Å². The molecule has 4 nitrogen and oxygen atoms in total. The minimum atomic E-state index is -3.92. The van der Waals surface area contributed by atoms with Gasteiger partial charge in [0, 0.05) is 17.8 Å². The average Bonchev–Trinajstić information content (AvgIpc) is 2.75. The molecule has 4 aliphatic carbocycles. The Labute approximate surface area is 195 Å². The molecular formula is C27H34FO4P. The van der Waals surface area contributed by atoms with E-state index in [0.29, 0.717) is 42.6 Å². The van der Waals surface area contributed by atoms with Gasteiger partial charge in [-0.15, -0.1) is 0 Å². The van der Waals surface area contributed by atoms with Crippen LogP contribution in [0.4, 0.5) is 4.39 Å². The number of unbranched alkanes of at least 4 members (excludes halogenated alkanes) is 2. The molecule has 0 aliphatic heterocycles. The lowest BCUT2D eigenvalue weighted by Crippen LogP contribution is -2.48. The van der Waals surface area contributed by atoms with E-state index in [2.05, 4.69) is 24.3 Å². The summed E-state index contributed by atoms with van der Waals surface area (Å²) in [6.07, 6.45) is 10.0. The van der Waals surface area contributed by atoms with Gasteiger partial charge in [0.2, 0.25) is 0 Å². The molecule has 6 rings (SSSR count). The number of halogens is 1. The van der Waals surface area contributed by atoms with Crippen molar-refractivity contribution in [2.45, 2.75) is 63.2 Å². The summed E-state index contributed by atoms with van der Waals surface area (Å²) >= 11 is 0. The van der Waals surface area contributed by atoms with Gasteiger partial charge in [-0.05, 0) is 104 Å². The van der Waals surface area contributed by atoms with Crippen LogP contribution in [0, 0.1) is 23.6 Å². The fraction of sp³-hybridized carbons (Fsp3) is 0.556. The zero-order valence-electron chi connectivity index (χ0n) is 19.1. The first kappa shape index (κ1) is 23.1. The van der Waals surface area contributed by atoms with Crippen molar-refractivity contribution in [3.8, 4) is 16.9 Å². The van der Waals surface area contributed by atoms with Crippen LogP contribution < -0.4 is 4.74 Å². The standard InChI is InChI=1S/C27H34FO4P/c28-26-15-24(32-10-2-1-3-11-33(29,30)31)8-9-25(26)22-4-6-23(7-5-22)27-16-19-12-20(17-27)14-21(13-19)18-27/h4-9,15,19-21H,1-3,10-14,16-18H2,(H2,29,30,31). The molecule has 4 fully saturated rings. The highest BCUT2D eigenvalue weighted by molar-refractivity contribution is 7.51. The lowest BCUT2D eigenvalue weighted by molar-refractivity contribution is -0.00518. The zero-order chi connectivity index (χ0) is 23.1. The second-order valence-electron chi connectivity index (χ2n) is 10.7. The lowest BCUT2D eigenvalue weighted by Gasteiger charge is -2.57. The van der Waals surface area contributed by atoms with Crippen molar-refractivity contribution < 1.29 is 23.5 Å². The Hall–Kier alpha value is -1.68. The molecule has 4 aliphatic rings. The van der Waals surface area contributed by atoms with E-state index in [1.54, 1.807) is 12.1 Å². The molecule has 4 saturated carbocycles. The Balaban J connectivity index is 1.19. The van der Waals surface area contributed by atoms with Gasteiger partial charge in [-0.2, -0.15) is 0 Å². The predicted octanol–water partition coefficient (Wildman–Crippen LogP) is 6.69. The van der Waals surface area contributed by atoms with Crippen molar-refractivity contribution in [2.24, 2.45) is 17.8 Å². The highest BCUT2D eigenvalue weighted by atomic mass is 31.2. The van der Waals surface area contributed by atoms with E-state index in [9.17, 15) is 8.96 Å². The van der Waals surface area contributed by atoms with Crippen molar-refractivity contribution in [1.29, 1.82) is 0 Å². The van der Waals surface area contributed by atoms with Crippen LogP contribution in [0.3, 0.4) is 0 Å². The summed E-state index contributed by atoms with van der Waals surface area (Å²) < 4.78 is 31.3. The fourth-order valence-corrected chi connectivity index (χ4v) is 7.71. The van der Waals surface area contributed by atoms with Gasteiger partial charge in [-0.3, -0.25) is 4.57 Å². The smallest absolute Gasteiger partial charge is 0.325 e. The first-order valence-corrected chi connectivity index (χ1v) is 14.2. The molecule has 2 aromatic rings. The maximum Gasteiger partial charge on any atom is 0.325 e. The largest absolute Gasteiger partial charge is 0.493 e. The van der Waals surface area contributed by atoms with E-state index < -0.39 is 7.60 Å². The van der Waals surface area contributed by atoms with Crippen LogP contribution in [0.15, 0.2) is 42.5 Å². The highest BCUT2D eigenvalue weighted by Crippen LogP contribution is 2.60. The first-order chi connectivity index (χ1) is 15.8. The Morgan fingerprint density at radius 3 is 2.12 bits per heavy atom. The van der Waals surface area contributed by atoms with Crippen LogP contribution in [-0.2, 0) is 9.98 Å². The second-order valence-corrected chi connectivity index (χ2v) is 12.5. The maximum atomic E-state index is 14.8. The van der Waals surface area contributed by atoms with Gasteiger partial charge in [-0.1, -0.05) is 24.3 Å². The molecule has 178 valence electrons. The Kier molecular flexibility index (Phi) is 6.41. The molecule has 0 heterocycles. The SMILES string of the molecule is O=P(O)(O)CCCCCOc1ccc(-c2ccc(C34CC5CC(CC(C5)C3)C4)cc2)c(F)c1. The average molecular weight is 473 g/mol. The number of benzene rings is 2. The van der Waals surface area contributed by atoms with Crippen molar-refractivity contribution in [2.75, 3.05) is 12.8 Å². The van der Waals surface area contributed by atoms with Gasteiger partial charge in [0.15, 0.2) is 0 Å². The normalized spacial score (nSPS) is 28.3. The van der Waals surface area contributed by atoms with Crippen LogP contribution in [-0.4, -0.2) is 22.6 Å². The van der Waals surface area contributed by atoms with Crippen LogP contribution in [0.5, 0.6) is 5.75 Å². The minimum Gasteiger partial charge on any atom is -0.493 e. The molecule has 0 radical (unpaired) electrons. The zero-order valence-corrected chi connectivity index (χ0v) is 20.0. The molecule has 0 amide bonds. The molecule has 2 N–H and O–H groups in total. The summed E-state index contributed by atoms with van der Waals surface area (Å²) in [5.41, 5.74) is 3.28. The minimum absolute atomic E-state index is 0.0992. The molecule has 0 saturated heterocycles. The van der Waals surface area contributed by atoms with Gasteiger partial charge in [-0.25, -0.2) is 4.39 Å². The molecule has 0 atom stereocenters. The van der Waals surface area contributed by atoms with Crippen molar-refractivity contribution in [3.63, 3.8) is 0 Å². The van der Waals surface area contributed by atoms with Crippen LogP contribution in [0.25, 0.3) is 11.1 Å². The van der Waals surface area contributed by atoms with E-state index >= 15 is 0 Å². The van der Waals surface area contributed by atoms with E-state index in [-0.39, 0.29) is 12.0 Å². The van der Waals surface area contributed by atoms with Crippen molar-refractivity contribution in [3.05, 3.63) is 53.8 Å². The topological polar surface area (TPSA) is 66.8 Å². The summed E-state index contributed by atoms with van der Waals surface area (Å²) in [6, 6.07) is 13.6. The summed E-state index contributed by atoms with van der Waals surface area (Å²) in [6.45, 7) is 0.402. The van der Waals surface area contributed by atoms with E-state index in [0.717, 1.165) is 23.3 Å². The molecule has 2 aromatic carbocycles. The van der Waals surface area contributed by atoms with Gasteiger partial charge in [0.25, 0.3) is 0 Å². The van der Waals surface area contributed by atoms with E-state index in [1.807, 2.05) is 0 Å². The summed E-state index contributed by atoms with van der Waals surface area (Å²) in [5.74, 6) is 2.92. The number of hydrogen-bond acceptors (Lipinski definition) is 2. The third-order valence-corrected chi connectivity index (χ3v) is 9.05. The number of ether oxygens (including phenoxy) is 1. The number of hydrogen-bond donors (Lipinski definition) is 2. The molecular weight excluding hydrogens is 438 g/mol. The number of rotatable bonds is 9. The first-order valence-electron chi connectivity index (χ1n) is 12.4. The van der Waals surface area contributed by atoms with E-state index in [1.165, 1.54) is 50.2 Å². The monoisotopic (exact) mass is 472 g/mol. The molecule has 6 heteroatoms. The van der Waals surface area contributed by atoms with Gasteiger partial charge < -0.3 is 14.5 Å². The Morgan fingerprint density at radius 1 is 0.909 bits per heavy atom. The van der Waals surface area contributed by atoms with Crippen molar-refractivity contribution in [1.82, 2.24) is 0 Å². The Morgan fingerprint density at radius 2 is 1.55 bits per heavy atom. The molecule has 4 bridgehead atoms. The second kappa shape index (κ2) is 9.17. The Bertz CT molecular complexity index is 994. The van der Waals surface area contributed by atoms with Crippen LogP contribution in [0.1, 0.15) is 63.4 Å². The predicted molar refractivity (Wildman–Crippen MR) is 128 cm³/mol. The third-order valence-electron chi connectivity index (χ3n) is 8.15.